The van der Waals surface area contributed by atoms with E-state index in [0.717, 1.165) is 54.1 Å². The lowest BCUT2D eigenvalue weighted by Gasteiger charge is -2.22. The van der Waals surface area contributed by atoms with Crippen molar-refractivity contribution < 1.29 is 14.3 Å². The van der Waals surface area contributed by atoms with Gasteiger partial charge < -0.3 is 19.5 Å². The van der Waals surface area contributed by atoms with Crippen LogP contribution in [0, 0.1) is 0 Å². The van der Waals surface area contributed by atoms with Gasteiger partial charge in [0.25, 0.3) is 5.91 Å². The Balaban J connectivity index is 1.46. The van der Waals surface area contributed by atoms with Crippen molar-refractivity contribution in [3.63, 3.8) is 0 Å². The van der Waals surface area contributed by atoms with Crippen LogP contribution >= 0.6 is 11.8 Å². The van der Waals surface area contributed by atoms with Crippen molar-refractivity contribution in [1.82, 2.24) is 19.8 Å². The largest absolute Gasteiger partial charge is 0.483 e. The van der Waals surface area contributed by atoms with Gasteiger partial charge in [0.05, 0.1) is 22.8 Å². The molecule has 8 heteroatoms. The number of hydrogen-bond acceptors (Lipinski definition) is 5. The minimum absolute atomic E-state index is 0.0118. The minimum Gasteiger partial charge on any atom is -0.483 e. The van der Waals surface area contributed by atoms with Crippen LogP contribution in [0.15, 0.2) is 48.5 Å². The predicted molar refractivity (Wildman–Crippen MR) is 136 cm³/mol. The summed E-state index contributed by atoms with van der Waals surface area (Å²) in [7, 11) is 0. The second kappa shape index (κ2) is 11.4. The van der Waals surface area contributed by atoms with E-state index in [1.165, 1.54) is 0 Å². The molecule has 0 radical (unpaired) electrons. The Morgan fingerprint density at radius 3 is 2.62 bits per heavy atom. The fourth-order valence-electron chi connectivity index (χ4n) is 4.42. The quantitative estimate of drug-likeness (QED) is 0.471. The number of imidazole rings is 1. The Morgan fingerprint density at radius 1 is 1.12 bits per heavy atom. The summed E-state index contributed by atoms with van der Waals surface area (Å²) in [5, 5.41) is 3.17. The Labute approximate surface area is 204 Å². The fourth-order valence-corrected chi connectivity index (χ4v) is 4.90. The summed E-state index contributed by atoms with van der Waals surface area (Å²) in [6.07, 6.45) is 4.84. The number of aromatic nitrogens is 2. The van der Waals surface area contributed by atoms with Crippen molar-refractivity contribution in [1.29, 1.82) is 0 Å². The summed E-state index contributed by atoms with van der Waals surface area (Å²) >= 11 is 1.68. The van der Waals surface area contributed by atoms with Gasteiger partial charge in [-0.25, -0.2) is 4.98 Å². The van der Waals surface area contributed by atoms with Crippen LogP contribution in [0.2, 0.25) is 0 Å². The highest BCUT2D eigenvalue weighted by molar-refractivity contribution is 7.97. The number of ether oxygens (including phenoxy) is 1. The number of carbonyl (C=O) groups excluding carboxylic acids is 2. The Bertz CT molecular complexity index is 1140. The second-order valence-corrected chi connectivity index (χ2v) is 9.34. The third-order valence-corrected chi connectivity index (χ3v) is 6.70. The average Bonchev–Trinajstić information content (AvgIpc) is 3.51. The summed E-state index contributed by atoms with van der Waals surface area (Å²) in [5.41, 5.74) is 2.74. The summed E-state index contributed by atoms with van der Waals surface area (Å²) in [6.45, 7) is 3.85. The first-order valence-corrected chi connectivity index (χ1v) is 13.2. The molecule has 1 aliphatic rings. The number of thioether (sulfide) groups is 1. The maximum absolute atomic E-state index is 13.1. The van der Waals surface area contributed by atoms with Crippen molar-refractivity contribution in [2.45, 2.75) is 44.5 Å². The van der Waals surface area contributed by atoms with Gasteiger partial charge in [-0.2, -0.15) is 11.8 Å². The maximum atomic E-state index is 13.1. The molecule has 1 saturated heterocycles. The Morgan fingerprint density at radius 2 is 1.85 bits per heavy atom. The number of carbonyl (C=O) groups is 2. The molecule has 1 aliphatic heterocycles. The number of amides is 2. The molecular weight excluding hydrogens is 448 g/mol. The van der Waals surface area contributed by atoms with Gasteiger partial charge in [0.2, 0.25) is 5.91 Å². The van der Waals surface area contributed by atoms with Gasteiger partial charge >= 0.3 is 0 Å². The SMILES string of the molecule is CCC(NC(=O)Cn1c(CSC)nc2ccccc21)c1ccccc1OCC(=O)N1CCCC1. The molecule has 3 aromatic rings. The number of fused-ring (bicyclic) bond motifs is 1. The van der Waals surface area contributed by atoms with Crippen LogP contribution in [0.3, 0.4) is 0 Å². The zero-order valence-corrected chi connectivity index (χ0v) is 20.6. The van der Waals surface area contributed by atoms with Crippen LogP contribution in [-0.2, 0) is 21.9 Å². The number of nitrogens with one attached hydrogen (secondary N) is 1. The molecular formula is C26H32N4O3S. The summed E-state index contributed by atoms with van der Waals surface area (Å²) < 4.78 is 7.92. The number of para-hydroxylation sites is 3. The van der Waals surface area contributed by atoms with Crippen LogP contribution in [0.5, 0.6) is 5.75 Å². The number of hydrogen-bond donors (Lipinski definition) is 1. The van der Waals surface area contributed by atoms with E-state index in [2.05, 4.69) is 5.32 Å². The highest BCUT2D eigenvalue weighted by Gasteiger charge is 2.21. The monoisotopic (exact) mass is 480 g/mol. The highest BCUT2D eigenvalue weighted by Crippen LogP contribution is 2.28. The van der Waals surface area contributed by atoms with Gasteiger partial charge in [0.1, 0.15) is 18.1 Å². The van der Waals surface area contributed by atoms with Gasteiger partial charge in [-0.15, -0.1) is 0 Å². The summed E-state index contributed by atoms with van der Waals surface area (Å²) in [4.78, 5) is 32.1. The summed E-state index contributed by atoms with van der Waals surface area (Å²) in [5.74, 6) is 2.19. The summed E-state index contributed by atoms with van der Waals surface area (Å²) in [6, 6.07) is 15.3. The molecule has 1 unspecified atom stereocenters. The van der Waals surface area contributed by atoms with Crippen LogP contribution in [0.25, 0.3) is 11.0 Å². The van der Waals surface area contributed by atoms with E-state index < -0.39 is 0 Å². The minimum atomic E-state index is -0.218. The number of likely N-dealkylation sites (tertiary alicyclic amines) is 1. The lowest BCUT2D eigenvalue weighted by molar-refractivity contribution is -0.132. The first-order valence-electron chi connectivity index (χ1n) is 11.8. The molecule has 34 heavy (non-hydrogen) atoms. The van der Waals surface area contributed by atoms with Crippen molar-refractivity contribution in [2.24, 2.45) is 0 Å². The first kappa shape index (κ1) is 24.1. The normalized spacial score (nSPS) is 14.4. The van der Waals surface area contributed by atoms with Gasteiger partial charge in [0.15, 0.2) is 6.61 Å². The van der Waals surface area contributed by atoms with Crippen molar-refractivity contribution in [2.75, 3.05) is 26.0 Å². The van der Waals surface area contributed by atoms with Crippen LogP contribution in [0.4, 0.5) is 0 Å². The molecule has 1 fully saturated rings. The van der Waals surface area contributed by atoms with Crippen LogP contribution in [0.1, 0.15) is 43.6 Å². The molecule has 4 rings (SSSR count). The van der Waals surface area contributed by atoms with Gasteiger partial charge in [0, 0.05) is 18.7 Å². The second-order valence-electron chi connectivity index (χ2n) is 8.48. The number of benzene rings is 2. The van der Waals surface area contributed by atoms with E-state index >= 15 is 0 Å². The maximum Gasteiger partial charge on any atom is 0.260 e. The third-order valence-electron chi connectivity index (χ3n) is 6.16. The predicted octanol–water partition coefficient (Wildman–Crippen LogP) is 4.17. The Kier molecular flexibility index (Phi) is 8.11. The molecule has 1 N–H and O–H groups in total. The van der Waals surface area contributed by atoms with E-state index in [9.17, 15) is 9.59 Å². The lowest BCUT2D eigenvalue weighted by atomic mass is 10.0. The smallest absolute Gasteiger partial charge is 0.260 e. The van der Waals surface area contributed by atoms with Crippen molar-refractivity contribution >= 4 is 34.6 Å². The molecule has 1 aromatic heterocycles. The van der Waals surface area contributed by atoms with Gasteiger partial charge in [-0.3, -0.25) is 9.59 Å². The van der Waals surface area contributed by atoms with Crippen molar-refractivity contribution in [3.8, 4) is 5.75 Å². The molecule has 2 heterocycles. The third kappa shape index (κ3) is 5.55. The van der Waals surface area contributed by atoms with Gasteiger partial charge in [-0.05, 0) is 43.7 Å². The van der Waals surface area contributed by atoms with E-state index in [1.54, 1.807) is 11.8 Å². The lowest BCUT2D eigenvalue weighted by Crippen LogP contribution is -2.33. The van der Waals surface area contributed by atoms with E-state index in [0.29, 0.717) is 12.2 Å². The fraction of sp³-hybridized carbons (Fsp3) is 0.423. The topological polar surface area (TPSA) is 76.5 Å². The number of nitrogens with zero attached hydrogens (tertiary/aromatic N) is 3. The molecule has 2 aromatic carbocycles. The molecule has 0 aliphatic carbocycles. The van der Waals surface area contributed by atoms with Crippen molar-refractivity contribution in [3.05, 3.63) is 59.9 Å². The molecule has 0 spiro atoms. The van der Waals surface area contributed by atoms with Gasteiger partial charge in [-0.1, -0.05) is 37.3 Å². The number of rotatable bonds is 10. The van der Waals surface area contributed by atoms with E-state index in [1.807, 2.05) is 71.2 Å². The first-order chi connectivity index (χ1) is 16.6. The standard InChI is InChI=1S/C26H32N4O3S/c1-3-20(19-10-4-7-13-23(19)33-17-26(32)29-14-8-9-15-29)28-25(31)16-30-22-12-6-5-11-21(22)27-24(30)18-34-2/h4-7,10-13,20H,3,8-9,14-18H2,1-2H3,(H,28,31). The molecule has 7 nitrogen and oxygen atoms in total. The molecule has 1 atom stereocenters. The zero-order valence-electron chi connectivity index (χ0n) is 19.8. The zero-order chi connectivity index (χ0) is 23.9. The average molecular weight is 481 g/mol. The van der Waals surface area contributed by atoms with E-state index in [4.69, 9.17) is 9.72 Å². The van der Waals surface area contributed by atoms with Crippen LogP contribution in [-0.4, -0.2) is 52.2 Å². The molecule has 180 valence electrons. The van der Waals surface area contributed by atoms with Crippen LogP contribution < -0.4 is 10.1 Å². The highest BCUT2D eigenvalue weighted by atomic mass is 32.2. The molecule has 2 amide bonds. The molecule has 0 saturated carbocycles. The Hall–Kier alpha value is -3.00. The van der Waals surface area contributed by atoms with E-state index in [-0.39, 0.29) is 31.0 Å². The molecule has 0 bridgehead atoms.